The van der Waals surface area contributed by atoms with Crippen LogP contribution in [0.4, 0.5) is 0 Å². The first kappa shape index (κ1) is 22.6. The monoisotopic (exact) mass is 442 g/mol. The van der Waals surface area contributed by atoms with Gasteiger partial charge in [0.1, 0.15) is 17.2 Å². The molecular formula is C28H30N2O3. The van der Waals surface area contributed by atoms with Crippen molar-refractivity contribution in [2.75, 3.05) is 27.7 Å². The zero-order chi connectivity index (χ0) is 23.2. The molecule has 4 aromatic rings. The SMILES string of the molecule is COc1ccc(CC(=O)c2ccc(Oc3ccc4c(ccn4CCCN(C)C)c3)cc2)cc1. The van der Waals surface area contributed by atoms with Gasteiger partial charge in [0.2, 0.25) is 0 Å². The molecule has 0 aliphatic carbocycles. The first-order valence-electron chi connectivity index (χ1n) is 11.2. The summed E-state index contributed by atoms with van der Waals surface area (Å²) in [5, 5.41) is 1.16. The predicted octanol–water partition coefficient (Wildman–Crippen LogP) is 5.82. The Hall–Kier alpha value is -3.57. The highest BCUT2D eigenvalue weighted by atomic mass is 16.5. The molecule has 0 saturated heterocycles. The van der Waals surface area contributed by atoms with Crippen LogP contribution in [-0.4, -0.2) is 43.0 Å². The highest BCUT2D eigenvalue weighted by molar-refractivity contribution is 5.97. The van der Waals surface area contributed by atoms with Crippen molar-refractivity contribution in [1.82, 2.24) is 9.47 Å². The number of methoxy groups -OCH3 is 1. The van der Waals surface area contributed by atoms with E-state index >= 15 is 0 Å². The topological polar surface area (TPSA) is 43.7 Å². The number of aromatic nitrogens is 1. The lowest BCUT2D eigenvalue weighted by atomic mass is 10.0. The van der Waals surface area contributed by atoms with Crippen LogP contribution in [0, 0.1) is 0 Å². The number of ketones is 1. The number of ether oxygens (including phenoxy) is 2. The summed E-state index contributed by atoms with van der Waals surface area (Å²) in [7, 11) is 5.83. The van der Waals surface area contributed by atoms with Gasteiger partial charge in [0.25, 0.3) is 0 Å². The molecule has 5 nitrogen and oxygen atoms in total. The third-order valence-electron chi connectivity index (χ3n) is 5.68. The van der Waals surface area contributed by atoms with E-state index in [0.717, 1.165) is 42.0 Å². The number of hydrogen-bond donors (Lipinski definition) is 0. The van der Waals surface area contributed by atoms with Crippen molar-refractivity contribution in [1.29, 1.82) is 0 Å². The minimum absolute atomic E-state index is 0.0729. The van der Waals surface area contributed by atoms with Gasteiger partial charge < -0.3 is 18.9 Å². The van der Waals surface area contributed by atoms with Crippen molar-refractivity contribution in [2.24, 2.45) is 0 Å². The largest absolute Gasteiger partial charge is 0.497 e. The number of benzene rings is 3. The van der Waals surface area contributed by atoms with Crippen LogP contribution < -0.4 is 9.47 Å². The summed E-state index contributed by atoms with van der Waals surface area (Å²) in [4.78, 5) is 14.8. The lowest BCUT2D eigenvalue weighted by Gasteiger charge is -2.11. The Kier molecular flexibility index (Phi) is 7.10. The van der Waals surface area contributed by atoms with E-state index in [1.54, 1.807) is 7.11 Å². The highest BCUT2D eigenvalue weighted by Gasteiger charge is 2.09. The van der Waals surface area contributed by atoms with Crippen LogP contribution in [-0.2, 0) is 13.0 Å². The highest BCUT2D eigenvalue weighted by Crippen LogP contribution is 2.27. The zero-order valence-corrected chi connectivity index (χ0v) is 19.5. The zero-order valence-electron chi connectivity index (χ0n) is 19.5. The minimum atomic E-state index is 0.0729. The van der Waals surface area contributed by atoms with Crippen molar-refractivity contribution >= 4 is 16.7 Å². The molecule has 5 heteroatoms. The maximum atomic E-state index is 12.6. The Labute approximate surface area is 195 Å². The molecule has 170 valence electrons. The molecule has 0 aliphatic heterocycles. The van der Waals surface area contributed by atoms with Crippen LogP contribution >= 0.6 is 0 Å². The van der Waals surface area contributed by atoms with Crippen molar-refractivity contribution in [3.05, 3.63) is 90.1 Å². The third-order valence-corrected chi connectivity index (χ3v) is 5.68. The number of rotatable bonds is 10. The molecule has 0 aliphatic rings. The third kappa shape index (κ3) is 5.82. The van der Waals surface area contributed by atoms with Gasteiger partial charge in [0.05, 0.1) is 7.11 Å². The summed E-state index contributed by atoms with van der Waals surface area (Å²) in [5.74, 6) is 2.35. The first-order chi connectivity index (χ1) is 16.0. The number of aryl methyl sites for hydroxylation is 1. The molecule has 0 unspecified atom stereocenters. The maximum Gasteiger partial charge on any atom is 0.167 e. The fraction of sp³-hybridized carbons (Fsp3) is 0.250. The minimum Gasteiger partial charge on any atom is -0.497 e. The van der Waals surface area contributed by atoms with Gasteiger partial charge in [-0.1, -0.05) is 12.1 Å². The van der Waals surface area contributed by atoms with Gasteiger partial charge in [0, 0.05) is 35.6 Å². The van der Waals surface area contributed by atoms with E-state index in [4.69, 9.17) is 9.47 Å². The van der Waals surface area contributed by atoms with E-state index in [1.165, 1.54) is 5.52 Å². The summed E-state index contributed by atoms with van der Waals surface area (Å²) in [6.07, 6.45) is 3.60. The fourth-order valence-electron chi connectivity index (χ4n) is 3.87. The van der Waals surface area contributed by atoms with Crippen molar-refractivity contribution in [2.45, 2.75) is 19.4 Å². The molecule has 33 heavy (non-hydrogen) atoms. The van der Waals surface area contributed by atoms with E-state index in [-0.39, 0.29) is 5.78 Å². The van der Waals surface area contributed by atoms with Gasteiger partial charge in [-0.3, -0.25) is 4.79 Å². The Morgan fingerprint density at radius 1 is 0.879 bits per heavy atom. The Morgan fingerprint density at radius 3 is 2.27 bits per heavy atom. The molecule has 3 aromatic carbocycles. The van der Waals surface area contributed by atoms with Gasteiger partial charge in [-0.15, -0.1) is 0 Å². The second kappa shape index (κ2) is 10.4. The van der Waals surface area contributed by atoms with Gasteiger partial charge in [-0.2, -0.15) is 0 Å². The van der Waals surface area contributed by atoms with Crippen LogP contribution in [0.1, 0.15) is 22.3 Å². The quantitative estimate of drug-likeness (QED) is 0.290. The van der Waals surface area contributed by atoms with E-state index in [2.05, 4.69) is 48.0 Å². The number of carbonyl (C=O) groups excluding carboxylic acids is 1. The maximum absolute atomic E-state index is 12.6. The standard InChI is InChI=1S/C28H30N2O3/c1-29(2)16-4-17-30-18-15-23-20-26(13-14-27(23)30)33-25-11-7-22(8-12-25)28(31)19-21-5-9-24(32-3)10-6-21/h5-15,18,20H,4,16-17,19H2,1-3H3. The second-order valence-electron chi connectivity index (χ2n) is 8.46. The van der Waals surface area contributed by atoms with Crippen LogP contribution in [0.2, 0.25) is 0 Å². The van der Waals surface area contributed by atoms with Crippen molar-refractivity contribution in [3.63, 3.8) is 0 Å². The lowest BCUT2D eigenvalue weighted by molar-refractivity contribution is 0.0993. The number of carbonyl (C=O) groups is 1. The van der Waals surface area contributed by atoms with Crippen LogP contribution in [0.5, 0.6) is 17.2 Å². The molecule has 1 aromatic heterocycles. The van der Waals surface area contributed by atoms with E-state index in [0.29, 0.717) is 17.7 Å². The Morgan fingerprint density at radius 2 is 1.58 bits per heavy atom. The lowest BCUT2D eigenvalue weighted by Crippen LogP contribution is -2.14. The average Bonchev–Trinajstić information content (AvgIpc) is 3.22. The van der Waals surface area contributed by atoms with Gasteiger partial charge in [0.15, 0.2) is 5.78 Å². The normalized spacial score (nSPS) is 11.2. The molecule has 0 radical (unpaired) electrons. The van der Waals surface area contributed by atoms with Crippen molar-refractivity contribution in [3.8, 4) is 17.2 Å². The molecule has 0 atom stereocenters. The average molecular weight is 443 g/mol. The number of hydrogen-bond acceptors (Lipinski definition) is 4. The van der Waals surface area contributed by atoms with Crippen LogP contribution in [0.3, 0.4) is 0 Å². The molecular weight excluding hydrogens is 412 g/mol. The summed E-state index contributed by atoms with van der Waals surface area (Å²) in [6, 6.07) is 23.2. The van der Waals surface area contributed by atoms with E-state index in [1.807, 2.05) is 54.6 Å². The van der Waals surface area contributed by atoms with Crippen LogP contribution in [0.25, 0.3) is 10.9 Å². The van der Waals surface area contributed by atoms with E-state index in [9.17, 15) is 4.79 Å². The summed E-state index contributed by atoms with van der Waals surface area (Å²) >= 11 is 0. The summed E-state index contributed by atoms with van der Waals surface area (Å²) in [5.41, 5.74) is 2.84. The molecule has 1 heterocycles. The molecule has 0 spiro atoms. The summed E-state index contributed by atoms with van der Waals surface area (Å²) < 4.78 is 13.5. The first-order valence-corrected chi connectivity index (χ1v) is 11.2. The molecule has 0 saturated carbocycles. The van der Waals surface area contributed by atoms with E-state index < -0.39 is 0 Å². The van der Waals surface area contributed by atoms with Gasteiger partial charge >= 0.3 is 0 Å². The predicted molar refractivity (Wildman–Crippen MR) is 133 cm³/mol. The number of nitrogens with zero attached hydrogens (tertiary/aromatic N) is 2. The van der Waals surface area contributed by atoms with Crippen molar-refractivity contribution < 1.29 is 14.3 Å². The second-order valence-corrected chi connectivity index (χ2v) is 8.46. The Bertz CT molecular complexity index is 1210. The molecule has 0 fully saturated rings. The van der Waals surface area contributed by atoms with Gasteiger partial charge in [-0.25, -0.2) is 0 Å². The molecule has 0 bridgehead atoms. The summed E-state index contributed by atoms with van der Waals surface area (Å²) in [6.45, 7) is 2.06. The molecule has 4 rings (SSSR count). The van der Waals surface area contributed by atoms with Gasteiger partial charge in [-0.05, 0) is 93.3 Å². The molecule has 0 N–H and O–H groups in total. The number of fused-ring (bicyclic) bond motifs is 1. The molecule has 0 amide bonds. The number of Topliss-reactive ketones (excluding diaryl/α,β-unsaturated/α-hetero) is 1. The smallest absolute Gasteiger partial charge is 0.167 e. The fourth-order valence-corrected chi connectivity index (χ4v) is 3.87. The Balaban J connectivity index is 1.38. The van der Waals surface area contributed by atoms with Crippen LogP contribution in [0.15, 0.2) is 79.0 Å².